The molecule has 28 heavy (non-hydrogen) atoms. The summed E-state index contributed by atoms with van der Waals surface area (Å²) in [5, 5.41) is 8.45. The Balaban J connectivity index is 2.04. The van der Waals surface area contributed by atoms with E-state index in [1.54, 1.807) is 0 Å². The summed E-state index contributed by atoms with van der Waals surface area (Å²) in [4.78, 5) is 15.4. The first-order chi connectivity index (χ1) is 13.3. The molecule has 9 heteroatoms. The van der Waals surface area contributed by atoms with Gasteiger partial charge in [0.15, 0.2) is 6.29 Å². The van der Waals surface area contributed by atoms with Crippen LogP contribution in [0, 0.1) is 5.41 Å². The predicted octanol–water partition coefficient (Wildman–Crippen LogP) is 3.52. The summed E-state index contributed by atoms with van der Waals surface area (Å²) in [7, 11) is 0. The molecule has 3 N–H and O–H groups in total. The van der Waals surface area contributed by atoms with Crippen molar-refractivity contribution < 1.29 is 27.4 Å². The van der Waals surface area contributed by atoms with E-state index in [1.165, 1.54) is 18.5 Å². The third kappa shape index (κ3) is 4.30. The van der Waals surface area contributed by atoms with Gasteiger partial charge in [-0.3, -0.25) is 15.2 Å². The molecule has 0 bridgehead atoms. The summed E-state index contributed by atoms with van der Waals surface area (Å²) >= 11 is 0. The monoisotopic (exact) mass is 393 g/mol. The van der Waals surface area contributed by atoms with Crippen molar-refractivity contribution in [2.75, 3.05) is 6.61 Å². The number of amides is 1. The Bertz CT molecular complexity index is 893. The van der Waals surface area contributed by atoms with E-state index in [4.69, 9.17) is 20.6 Å². The molecule has 1 aromatic carbocycles. The molecule has 1 saturated heterocycles. The number of nitrogens with zero attached hydrogens (tertiary/aromatic N) is 1. The van der Waals surface area contributed by atoms with E-state index >= 15 is 0 Å². The summed E-state index contributed by atoms with van der Waals surface area (Å²) in [5.41, 5.74) is 4.46. The lowest BCUT2D eigenvalue weighted by atomic mass is 9.97. The molecule has 3 rings (SSSR count). The van der Waals surface area contributed by atoms with E-state index in [-0.39, 0.29) is 28.2 Å². The summed E-state index contributed by atoms with van der Waals surface area (Å²) < 4.78 is 50.6. The topological polar surface area (TPSA) is 98.3 Å². The smallest absolute Gasteiger partial charge is 0.416 e. The maximum absolute atomic E-state index is 13.2. The van der Waals surface area contributed by atoms with Gasteiger partial charge in [-0.1, -0.05) is 0 Å². The Morgan fingerprint density at radius 2 is 2.00 bits per heavy atom. The highest BCUT2D eigenvalue weighted by Gasteiger charge is 2.32. The number of nitrogens with one attached hydrogen (secondary N) is 1. The maximum Gasteiger partial charge on any atom is 0.416 e. The highest BCUT2D eigenvalue weighted by atomic mass is 19.4. The fraction of sp³-hybridized carbons (Fsp3) is 0.316. The second-order valence-electron chi connectivity index (χ2n) is 6.28. The molecule has 0 radical (unpaired) electrons. The lowest BCUT2D eigenvalue weighted by Gasteiger charge is -2.25. The van der Waals surface area contributed by atoms with Crippen molar-refractivity contribution in [3.63, 3.8) is 0 Å². The number of pyridine rings is 1. The SMILES string of the molecule is N=C(c1ccc(C(F)(F)F)cc1OC1CCCCO1)c1ccncc1C(N)=O. The normalized spacial score (nSPS) is 17.2. The zero-order valence-corrected chi connectivity index (χ0v) is 14.8. The molecule has 2 heterocycles. The number of nitrogens with two attached hydrogens (primary N) is 1. The molecule has 2 aromatic rings. The number of hydrogen-bond donors (Lipinski definition) is 2. The van der Waals surface area contributed by atoms with E-state index in [2.05, 4.69) is 4.98 Å². The molecule has 1 fully saturated rings. The van der Waals surface area contributed by atoms with Crippen molar-refractivity contribution in [2.45, 2.75) is 31.7 Å². The van der Waals surface area contributed by atoms with Gasteiger partial charge in [-0.05, 0) is 37.1 Å². The van der Waals surface area contributed by atoms with Crippen molar-refractivity contribution in [3.05, 3.63) is 58.9 Å². The minimum atomic E-state index is -4.57. The van der Waals surface area contributed by atoms with E-state index < -0.39 is 23.9 Å². The molecule has 1 aliphatic rings. The number of rotatable bonds is 5. The number of halogens is 3. The van der Waals surface area contributed by atoms with Gasteiger partial charge in [0, 0.05) is 29.9 Å². The molecule has 0 aliphatic carbocycles. The molecule has 1 aliphatic heterocycles. The van der Waals surface area contributed by atoms with E-state index in [0.717, 1.165) is 31.0 Å². The molecule has 1 amide bonds. The van der Waals surface area contributed by atoms with Crippen LogP contribution in [0.15, 0.2) is 36.7 Å². The third-order valence-corrected chi connectivity index (χ3v) is 4.33. The van der Waals surface area contributed by atoms with Gasteiger partial charge in [-0.2, -0.15) is 13.2 Å². The number of primary amides is 1. The highest BCUT2D eigenvalue weighted by molar-refractivity contribution is 6.17. The van der Waals surface area contributed by atoms with Crippen molar-refractivity contribution in [2.24, 2.45) is 5.73 Å². The third-order valence-electron chi connectivity index (χ3n) is 4.33. The molecule has 1 unspecified atom stereocenters. The summed E-state index contributed by atoms with van der Waals surface area (Å²) in [6, 6.07) is 4.26. The van der Waals surface area contributed by atoms with Crippen LogP contribution in [0.25, 0.3) is 0 Å². The average Bonchev–Trinajstić information content (AvgIpc) is 2.67. The minimum absolute atomic E-state index is 0.00716. The van der Waals surface area contributed by atoms with Crippen LogP contribution in [0.2, 0.25) is 0 Å². The minimum Gasteiger partial charge on any atom is -0.464 e. The van der Waals surface area contributed by atoms with Gasteiger partial charge in [-0.15, -0.1) is 0 Å². The van der Waals surface area contributed by atoms with Crippen LogP contribution in [0.1, 0.15) is 46.3 Å². The largest absolute Gasteiger partial charge is 0.464 e. The van der Waals surface area contributed by atoms with Gasteiger partial charge >= 0.3 is 6.18 Å². The molecular formula is C19H18F3N3O3. The molecule has 148 valence electrons. The number of ether oxygens (including phenoxy) is 2. The zero-order chi connectivity index (χ0) is 20.3. The van der Waals surface area contributed by atoms with Crippen LogP contribution >= 0.6 is 0 Å². The lowest BCUT2D eigenvalue weighted by Crippen LogP contribution is -2.26. The molecule has 1 atom stereocenters. The second kappa shape index (κ2) is 7.97. The Morgan fingerprint density at radius 3 is 2.64 bits per heavy atom. The Labute approximate surface area is 159 Å². The number of carbonyl (C=O) groups excluding carboxylic acids is 1. The van der Waals surface area contributed by atoms with Crippen LogP contribution in [0.4, 0.5) is 13.2 Å². The van der Waals surface area contributed by atoms with Crippen molar-refractivity contribution >= 4 is 11.6 Å². The van der Waals surface area contributed by atoms with Gasteiger partial charge in [0.2, 0.25) is 0 Å². The molecular weight excluding hydrogens is 375 g/mol. The summed E-state index contributed by atoms with van der Waals surface area (Å²) in [6.07, 6.45) is -0.480. The zero-order valence-electron chi connectivity index (χ0n) is 14.8. The van der Waals surface area contributed by atoms with Gasteiger partial charge in [0.05, 0.1) is 23.4 Å². The predicted molar refractivity (Wildman–Crippen MR) is 94.3 cm³/mol. The highest BCUT2D eigenvalue weighted by Crippen LogP contribution is 2.35. The van der Waals surface area contributed by atoms with E-state index in [0.29, 0.717) is 13.0 Å². The lowest BCUT2D eigenvalue weighted by molar-refractivity contribution is -0.138. The number of aromatic nitrogens is 1. The molecule has 0 saturated carbocycles. The van der Waals surface area contributed by atoms with Crippen molar-refractivity contribution in [1.82, 2.24) is 4.98 Å². The molecule has 0 spiro atoms. The van der Waals surface area contributed by atoms with Crippen LogP contribution < -0.4 is 10.5 Å². The fourth-order valence-corrected chi connectivity index (χ4v) is 2.90. The fourth-order valence-electron chi connectivity index (χ4n) is 2.90. The molecule has 6 nitrogen and oxygen atoms in total. The van der Waals surface area contributed by atoms with Gasteiger partial charge in [0.1, 0.15) is 5.75 Å². The van der Waals surface area contributed by atoms with Crippen LogP contribution in [-0.2, 0) is 10.9 Å². The summed E-state index contributed by atoms with van der Waals surface area (Å²) in [6.45, 7) is 0.451. The maximum atomic E-state index is 13.2. The average molecular weight is 393 g/mol. The van der Waals surface area contributed by atoms with E-state index in [9.17, 15) is 18.0 Å². The number of alkyl halides is 3. The van der Waals surface area contributed by atoms with Gasteiger partial charge < -0.3 is 15.2 Å². The summed E-state index contributed by atoms with van der Waals surface area (Å²) in [5.74, 6) is -0.934. The second-order valence-corrected chi connectivity index (χ2v) is 6.28. The Hall–Kier alpha value is -2.94. The first kappa shape index (κ1) is 19.8. The number of carbonyl (C=O) groups is 1. The standard InChI is InChI=1S/C19H18F3N3O3/c20-19(21,22)11-4-5-13(15(9-11)28-16-3-1-2-8-27-16)17(23)12-6-7-25-10-14(12)18(24)26/h4-7,9-10,16,23H,1-3,8H2,(H2,24,26). The van der Waals surface area contributed by atoms with Gasteiger partial charge in [0.25, 0.3) is 5.91 Å². The number of hydrogen-bond acceptors (Lipinski definition) is 5. The van der Waals surface area contributed by atoms with Crippen molar-refractivity contribution in [3.8, 4) is 5.75 Å². The van der Waals surface area contributed by atoms with E-state index in [1.807, 2.05) is 0 Å². The first-order valence-electron chi connectivity index (χ1n) is 8.60. The quantitative estimate of drug-likeness (QED) is 0.760. The van der Waals surface area contributed by atoms with Crippen LogP contribution in [-0.4, -0.2) is 29.5 Å². The van der Waals surface area contributed by atoms with Crippen LogP contribution in [0.3, 0.4) is 0 Å². The van der Waals surface area contributed by atoms with Crippen molar-refractivity contribution in [1.29, 1.82) is 5.41 Å². The number of benzene rings is 1. The molecule has 1 aromatic heterocycles. The van der Waals surface area contributed by atoms with Gasteiger partial charge in [-0.25, -0.2) is 0 Å². The van der Waals surface area contributed by atoms with Crippen LogP contribution in [0.5, 0.6) is 5.75 Å². The Kier molecular flexibility index (Phi) is 5.64. The Morgan fingerprint density at radius 1 is 1.21 bits per heavy atom. The first-order valence-corrected chi connectivity index (χ1v) is 8.60.